The van der Waals surface area contributed by atoms with E-state index in [2.05, 4.69) is 10.2 Å². The van der Waals surface area contributed by atoms with Crippen molar-refractivity contribution >= 4 is 23.4 Å². The van der Waals surface area contributed by atoms with Crippen molar-refractivity contribution in [3.8, 4) is 5.69 Å². The van der Waals surface area contributed by atoms with E-state index in [1.165, 1.54) is 17.3 Å². The van der Waals surface area contributed by atoms with Crippen LogP contribution in [0.3, 0.4) is 0 Å². The number of benzene rings is 2. The predicted octanol–water partition coefficient (Wildman–Crippen LogP) is 3.72. The summed E-state index contributed by atoms with van der Waals surface area (Å²) in [6.45, 7) is 4.66. The maximum absolute atomic E-state index is 12.6. The summed E-state index contributed by atoms with van der Waals surface area (Å²) in [5.41, 5.74) is 3.10. The van der Waals surface area contributed by atoms with Crippen LogP contribution in [0.15, 0.2) is 66.1 Å². The first kappa shape index (κ1) is 17.2. The van der Waals surface area contributed by atoms with Crippen LogP contribution in [0, 0.1) is 6.92 Å². The molecule has 25 heavy (non-hydrogen) atoms. The number of amides is 1. The highest BCUT2D eigenvalue weighted by Gasteiger charge is 2.16. The Kier molecular flexibility index (Phi) is 5.50. The number of hydrogen-bond acceptors (Lipinski definition) is 4. The number of thioether (sulfide) groups is 1. The fourth-order valence-corrected chi connectivity index (χ4v) is 3.33. The topological polar surface area (TPSA) is 51.0 Å². The minimum Gasteiger partial charge on any atom is -0.312 e. The Hall–Kier alpha value is -2.60. The lowest BCUT2D eigenvalue weighted by Gasteiger charge is -2.20. The molecule has 0 fully saturated rings. The van der Waals surface area contributed by atoms with Crippen molar-refractivity contribution in [2.45, 2.75) is 19.0 Å². The molecule has 1 amide bonds. The molecule has 0 aliphatic heterocycles. The van der Waals surface area contributed by atoms with Gasteiger partial charge in [0.15, 0.2) is 5.16 Å². The van der Waals surface area contributed by atoms with Gasteiger partial charge in [-0.25, -0.2) is 0 Å². The zero-order chi connectivity index (χ0) is 17.6. The van der Waals surface area contributed by atoms with Crippen molar-refractivity contribution in [2.75, 3.05) is 17.2 Å². The Balaban J connectivity index is 1.71. The van der Waals surface area contributed by atoms with Gasteiger partial charge >= 0.3 is 0 Å². The van der Waals surface area contributed by atoms with E-state index in [4.69, 9.17) is 0 Å². The lowest BCUT2D eigenvalue weighted by molar-refractivity contribution is -0.116. The Morgan fingerprint density at radius 1 is 1.12 bits per heavy atom. The van der Waals surface area contributed by atoms with Gasteiger partial charge < -0.3 is 4.90 Å². The first-order valence-corrected chi connectivity index (χ1v) is 9.13. The van der Waals surface area contributed by atoms with Crippen LogP contribution in [0.25, 0.3) is 5.69 Å². The maximum atomic E-state index is 12.6. The summed E-state index contributed by atoms with van der Waals surface area (Å²) in [5, 5.41) is 8.85. The van der Waals surface area contributed by atoms with E-state index in [0.717, 1.165) is 11.4 Å². The normalized spacial score (nSPS) is 10.6. The molecule has 3 rings (SSSR count). The minimum absolute atomic E-state index is 0.0529. The van der Waals surface area contributed by atoms with Gasteiger partial charge in [0.05, 0.1) is 5.75 Å². The third-order valence-corrected chi connectivity index (χ3v) is 4.77. The van der Waals surface area contributed by atoms with Crippen LogP contribution < -0.4 is 4.90 Å². The molecule has 0 bridgehead atoms. The number of aromatic nitrogens is 3. The van der Waals surface area contributed by atoms with E-state index in [1.807, 2.05) is 73.0 Å². The third-order valence-electron chi connectivity index (χ3n) is 3.84. The molecule has 0 saturated carbocycles. The molecule has 3 aromatic rings. The van der Waals surface area contributed by atoms with E-state index in [1.54, 1.807) is 11.2 Å². The number of para-hydroxylation sites is 1. The van der Waals surface area contributed by atoms with E-state index in [9.17, 15) is 4.79 Å². The second kappa shape index (κ2) is 7.98. The molecule has 1 aromatic heterocycles. The zero-order valence-corrected chi connectivity index (χ0v) is 15.1. The van der Waals surface area contributed by atoms with Crippen LogP contribution in [0.1, 0.15) is 12.5 Å². The molecule has 128 valence electrons. The molecule has 0 radical (unpaired) electrons. The summed E-state index contributed by atoms with van der Waals surface area (Å²) in [7, 11) is 0. The molecule has 0 atom stereocenters. The molecule has 0 N–H and O–H groups in total. The molecule has 1 heterocycles. The van der Waals surface area contributed by atoms with Crippen molar-refractivity contribution in [1.82, 2.24) is 14.8 Å². The number of anilines is 1. The Labute approximate surface area is 151 Å². The highest BCUT2D eigenvalue weighted by molar-refractivity contribution is 7.99. The van der Waals surface area contributed by atoms with Gasteiger partial charge in [-0.15, -0.1) is 10.2 Å². The molecule has 0 spiro atoms. The smallest absolute Gasteiger partial charge is 0.237 e. The SMILES string of the molecule is CCN(C(=O)CSc1nncn1-c1ccc(C)cc1)c1ccccc1. The molecule has 0 aliphatic carbocycles. The highest BCUT2D eigenvalue weighted by Crippen LogP contribution is 2.21. The second-order valence-electron chi connectivity index (χ2n) is 5.58. The number of carbonyl (C=O) groups is 1. The standard InChI is InChI=1S/C19H20N4OS/c1-3-22(16-7-5-4-6-8-16)18(24)13-25-19-21-20-14-23(19)17-11-9-15(2)10-12-17/h4-12,14H,3,13H2,1-2H3. The number of rotatable bonds is 6. The average molecular weight is 352 g/mol. The summed E-state index contributed by atoms with van der Waals surface area (Å²) >= 11 is 1.40. The predicted molar refractivity (Wildman–Crippen MR) is 101 cm³/mol. The summed E-state index contributed by atoms with van der Waals surface area (Å²) in [5.74, 6) is 0.366. The van der Waals surface area contributed by atoms with Gasteiger partial charge in [-0.1, -0.05) is 47.7 Å². The molecule has 0 saturated heterocycles. The van der Waals surface area contributed by atoms with Crippen LogP contribution in [0.5, 0.6) is 0 Å². The van der Waals surface area contributed by atoms with Crippen molar-refractivity contribution in [3.63, 3.8) is 0 Å². The minimum atomic E-state index is 0.0529. The zero-order valence-electron chi connectivity index (χ0n) is 14.3. The second-order valence-corrected chi connectivity index (χ2v) is 6.52. The van der Waals surface area contributed by atoms with Gasteiger partial charge in [-0.3, -0.25) is 9.36 Å². The maximum Gasteiger partial charge on any atom is 0.237 e. The molecular weight excluding hydrogens is 332 g/mol. The molecule has 0 unspecified atom stereocenters. The molecule has 0 aliphatic rings. The van der Waals surface area contributed by atoms with Gasteiger partial charge in [0, 0.05) is 17.9 Å². The Morgan fingerprint density at radius 3 is 2.52 bits per heavy atom. The van der Waals surface area contributed by atoms with Gasteiger partial charge in [0.1, 0.15) is 6.33 Å². The number of aryl methyl sites for hydroxylation is 1. The monoisotopic (exact) mass is 352 g/mol. The van der Waals surface area contributed by atoms with Gasteiger partial charge in [-0.05, 0) is 38.1 Å². The molecular formula is C19H20N4OS. The largest absolute Gasteiger partial charge is 0.312 e. The summed E-state index contributed by atoms with van der Waals surface area (Å²) in [6, 6.07) is 17.8. The summed E-state index contributed by atoms with van der Waals surface area (Å²) in [6.07, 6.45) is 1.67. The van der Waals surface area contributed by atoms with E-state index in [-0.39, 0.29) is 5.91 Å². The van der Waals surface area contributed by atoms with Crippen molar-refractivity contribution < 1.29 is 4.79 Å². The van der Waals surface area contributed by atoms with Gasteiger partial charge in [0.2, 0.25) is 5.91 Å². The van der Waals surface area contributed by atoms with E-state index in [0.29, 0.717) is 17.5 Å². The van der Waals surface area contributed by atoms with E-state index >= 15 is 0 Å². The lowest BCUT2D eigenvalue weighted by atomic mass is 10.2. The van der Waals surface area contributed by atoms with Gasteiger partial charge in [0.25, 0.3) is 0 Å². The molecule has 5 nitrogen and oxygen atoms in total. The molecule has 2 aromatic carbocycles. The first-order valence-electron chi connectivity index (χ1n) is 8.14. The number of nitrogens with zero attached hydrogens (tertiary/aromatic N) is 4. The van der Waals surface area contributed by atoms with E-state index < -0.39 is 0 Å². The first-order chi connectivity index (χ1) is 12.2. The fraction of sp³-hybridized carbons (Fsp3) is 0.211. The van der Waals surface area contributed by atoms with Crippen LogP contribution in [-0.2, 0) is 4.79 Å². The third kappa shape index (κ3) is 4.09. The van der Waals surface area contributed by atoms with Crippen LogP contribution >= 0.6 is 11.8 Å². The van der Waals surface area contributed by atoms with Crippen molar-refractivity contribution in [1.29, 1.82) is 0 Å². The van der Waals surface area contributed by atoms with Gasteiger partial charge in [-0.2, -0.15) is 0 Å². The summed E-state index contributed by atoms with van der Waals surface area (Å²) in [4.78, 5) is 14.4. The number of carbonyl (C=O) groups excluding carboxylic acids is 1. The molecule has 6 heteroatoms. The quantitative estimate of drug-likeness (QED) is 0.635. The fourth-order valence-electron chi connectivity index (χ4n) is 2.52. The van der Waals surface area contributed by atoms with Crippen LogP contribution in [-0.4, -0.2) is 33.0 Å². The Bertz CT molecular complexity index is 830. The van der Waals surface area contributed by atoms with Crippen LogP contribution in [0.2, 0.25) is 0 Å². The Morgan fingerprint density at radius 2 is 1.84 bits per heavy atom. The number of hydrogen-bond donors (Lipinski definition) is 0. The van der Waals surface area contributed by atoms with Crippen molar-refractivity contribution in [3.05, 3.63) is 66.5 Å². The highest BCUT2D eigenvalue weighted by atomic mass is 32.2. The van der Waals surface area contributed by atoms with Crippen LogP contribution in [0.4, 0.5) is 5.69 Å². The summed E-state index contributed by atoms with van der Waals surface area (Å²) < 4.78 is 1.90. The lowest BCUT2D eigenvalue weighted by Crippen LogP contribution is -2.32. The average Bonchev–Trinajstić information content (AvgIpc) is 3.11. The van der Waals surface area contributed by atoms with Crippen molar-refractivity contribution in [2.24, 2.45) is 0 Å².